The zero-order valence-corrected chi connectivity index (χ0v) is 9.59. The van der Waals surface area contributed by atoms with E-state index in [1.54, 1.807) is 0 Å². The molecule has 3 heteroatoms. The highest BCUT2D eigenvalue weighted by atomic mass is 16.1. The highest BCUT2D eigenvalue weighted by Crippen LogP contribution is 2.27. The van der Waals surface area contributed by atoms with Crippen LogP contribution in [-0.4, -0.2) is 25.0 Å². The maximum atomic E-state index is 11.5. The highest BCUT2D eigenvalue weighted by Gasteiger charge is 2.24. The zero-order chi connectivity index (χ0) is 10.7. The van der Waals surface area contributed by atoms with E-state index < -0.39 is 0 Å². The number of carbonyl (C=O) groups is 1. The summed E-state index contributed by atoms with van der Waals surface area (Å²) in [5.74, 6) is 1.68. The minimum atomic E-state index is 0.168. The molecule has 2 aliphatic carbocycles. The normalized spacial score (nSPS) is 30.5. The molecule has 0 aliphatic heterocycles. The lowest BCUT2D eigenvalue weighted by atomic mass is 10.1. The van der Waals surface area contributed by atoms with Gasteiger partial charge in [-0.2, -0.15) is 0 Å². The summed E-state index contributed by atoms with van der Waals surface area (Å²) in [6.45, 7) is 3.66. The van der Waals surface area contributed by atoms with Gasteiger partial charge in [0.15, 0.2) is 0 Å². The van der Waals surface area contributed by atoms with Crippen LogP contribution in [0.4, 0.5) is 0 Å². The molecule has 0 aromatic carbocycles. The van der Waals surface area contributed by atoms with Gasteiger partial charge in [-0.3, -0.25) is 4.79 Å². The number of rotatable bonds is 5. The smallest absolute Gasteiger partial charge is 0.233 e. The summed E-state index contributed by atoms with van der Waals surface area (Å²) in [6.07, 6.45) is 6.45. The van der Waals surface area contributed by atoms with Crippen molar-refractivity contribution in [1.82, 2.24) is 10.6 Å². The number of carbonyl (C=O) groups excluding carboxylic acids is 1. The summed E-state index contributed by atoms with van der Waals surface area (Å²) in [4.78, 5) is 11.5. The van der Waals surface area contributed by atoms with Crippen molar-refractivity contribution in [3.63, 3.8) is 0 Å². The fraction of sp³-hybridized carbons (Fsp3) is 0.917. The predicted molar refractivity (Wildman–Crippen MR) is 60.5 cm³/mol. The van der Waals surface area contributed by atoms with Crippen LogP contribution in [0.5, 0.6) is 0 Å². The van der Waals surface area contributed by atoms with E-state index in [9.17, 15) is 4.79 Å². The molecule has 0 aromatic heterocycles. The molecule has 0 saturated heterocycles. The topological polar surface area (TPSA) is 41.1 Å². The minimum Gasteiger partial charge on any atom is -0.355 e. The number of nitrogens with one attached hydrogen (secondary N) is 2. The van der Waals surface area contributed by atoms with E-state index in [2.05, 4.69) is 17.6 Å². The van der Waals surface area contributed by atoms with E-state index in [4.69, 9.17) is 0 Å². The van der Waals surface area contributed by atoms with Crippen LogP contribution in [0, 0.1) is 11.8 Å². The Hall–Kier alpha value is -0.570. The van der Waals surface area contributed by atoms with Crippen LogP contribution in [0.15, 0.2) is 0 Å². The molecular formula is C12H22N2O. The lowest BCUT2D eigenvalue weighted by Gasteiger charge is -2.16. The van der Waals surface area contributed by atoms with Gasteiger partial charge in [0.05, 0.1) is 6.54 Å². The van der Waals surface area contributed by atoms with Gasteiger partial charge in [0.2, 0.25) is 5.91 Å². The molecule has 2 aliphatic rings. The average molecular weight is 210 g/mol. The molecule has 2 fully saturated rings. The first kappa shape index (κ1) is 10.9. The SMILES string of the molecule is CC1CCCC1NCC(=O)NCC1CC1. The van der Waals surface area contributed by atoms with E-state index in [1.807, 2.05) is 0 Å². The van der Waals surface area contributed by atoms with Crippen molar-refractivity contribution in [3.05, 3.63) is 0 Å². The Morgan fingerprint density at radius 1 is 1.27 bits per heavy atom. The Kier molecular flexibility index (Phi) is 3.62. The van der Waals surface area contributed by atoms with Crippen molar-refractivity contribution >= 4 is 5.91 Å². The van der Waals surface area contributed by atoms with Crippen LogP contribution < -0.4 is 10.6 Å². The van der Waals surface area contributed by atoms with Crippen molar-refractivity contribution in [2.45, 2.75) is 45.1 Å². The van der Waals surface area contributed by atoms with Crippen molar-refractivity contribution in [1.29, 1.82) is 0 Å². The van der Waals surface area contributed by atoms with E-state index in [-0.39, 0.29) is 5.91 Å². The fourth-order valence-corrected chi connectivity index (χ4v) is 2.32. The Morgan fingerprint density at radius 3 is 2.67 bits per heavy atom. The van der Waals surface area contributed by atoms with E-state index >= 15 is 0 Å². The molecular weight excluding hydrogens is 188 g/mol. The Morgan fingerprint density at radius 2 is 2.07 bits per heavy atom. The monoisotopic (exact) mass is 210 g/mol. The van der Waals surface area contributed by atoms with Crippen molar-refractivity contribution in [2.75, 3.05) is 13.1 Å². The Balaban J connectivity index is 1.57. The van der Waals surface area contributed by atoms with Gasteiger partial charge in [0.1, 0.15) is 0 Å². The van der Waals surface area contributed by atoms with Crippen LogP contribution in [0.25, 0.3) is 0 Å². The molecule has 0 spiro atoms. The second-order valence-electron chi connectivity index (χ2n) is 5.14. The lowest BCUT2D eigenvalue weighted by molar-refractivity contribution is -0.120. The third kappa shape index (κ3) is 3.49. The van der Waals surface area contributed by atoms with Crippen LogP contribution >= 0.6 is 0 Å². The molecule has 2 saturated carbocycles. The van der Waals surface area contributed by atoms with Crippen LogP contribution in [0.3, 0.4) is 0 Å². The van der Waals surface area contributed by atoms with Crippen LogP contribution in [0.2, 0.25) is 0 Å². The molecule has 15 heavy (non-hydrogen) atoms. The summed E-state index contributed by atoms with van der Waals surface area (Å²) in [7, 11) is 0. The summed E-state index contributed by atoms with van der Waals surface area (Å²) < 4.78 is 0. The largest absolute Gasteiger partial charge is 0.355 e. The van der Waals surface area contributed by atoms with E-state index in [0.717, 1.165) is 18.4 Å². The molecule has 1 amide bonds. The first-order chi connectivity index (χ1) is 7.25. The zero-order valence-electron chi connectivity index (χ0n) is 9.59. The molecule has 0 heterocycles. The quantitative estimate of drug-likeness (QED) is 0.718. The fourth-order valence-electron chi connectivity index (χ4n) is 2.32. The van der Waals surface area contributed by atoms with Gasteiger partial charge in [-0.15, -0.1) is 0 Å². The number of amides is 1. The Labute approximate surface area is 92.0 Å². The highest BCUT2D eigenvalue weighted by molar-refractivity contribution is 5.78. The second-order valence-corrected chi connectivity index (χ2v) is 5.14. The van der Waals surface area contributed by atoms with Crippen LogP contribution in [-0.2, 0) is 4.79 Å². The van der Waals surface area contributed by atoms with Gasteiger partial charge in [-0.25, -0.2) is 0 Å². The molecule has 2 atom stereocenters. The standard InChI is InChI=1S/C12H22N2O/c1-9-3-2-4-11(9)13-8-12(15)14-7-10-5-6-10/h9-11,13H,2-8H2,1H3,(H,14,15). The van der Waals surface area contributed by atoms with Crippen LogP contribution in [0.1, 0.15) is 39.0 Å². The first-order valence-corrected chi connectivity index (χ1v) is 6.26. The maximum absolute atomic E-state index is 11.5. The molecule has 3 nitrogen and oxygen atoms in total. The van der Waals surface area contributed by atoms with E-state index in [0.29, 0.717) is 12.6 Å². The molecule has 0 aromatic rings. The molecule has 2 rings (SSSR count). The third-order valence-electron chi connectivity index (χ3n) is 3.67. The molecule has 2 unspecified atom stereocenters. The summed E-state index contributed by atoms with van der Waals surface area (Å²) in [5, 5.41) is 6.35. The van der Waals surface area contributed by atoms with E-state index in [1.165, 1.54) is 32.1 Å². The second kappa shape index (κ2) is 4.97. The summed E-state index contributed by atoms with van der Waals surface area (Å²) >= 11 is 0. The maximum Gasteiger partial charge on any atom is 0.233 e. The summed E-state index contributed by atoms with van der Waals surface area (Å²) in [6, 6.07) is 0.566. The molecule has 2 N–H and O–H groups in total. The third-order valence-corrected chi connectivity index (χ3v) is 3.67. The van der Waals surface area contributed by atoms with Crippen molar-refractivity contribution < 1.29 is 4.79 Å². The van der Waals surface area contributed by atoms with Gasteiger partial charge in [0.25, 0.3) is 0 Å². The van der Waals surface area contributed by atoms with Gasteiger partial charge in [0, 0.05) is 12.6 Å². The predicted octanol–water partition coefficient (Wildman–Crippen LogP) is 1.29. The summed E-state index contributed by atoms with van der Waals surface area (Å²) in [5.41, 5.74) is 0. The minimum absolute atomic E-state index is 0.168. The van der Waals surface area contributed by atoms with Gasteiger partial charge in [-0.05, 0) is 37.5 Å². The first-order valence-electron chi connectivity index (χ1n) is 6.26. The van der Waals surface area contributed by atoms with Gasteiger partial charge >= 0.3 is 0 Å². The Bertz CT molecular complexity index is 226. The molecule has 86 valence electrons. The van der Waals surface area contributed by atoms with Gasteiger partial charge in [-0.1, -0.05) is 13.3 Å². The van der Waals surface area contributed by atoms with Crippen molar-refractivity contribution in [2.24, 2.45) is 11.8 Å². The lowest BCUT2D eigenvalue weighted by Crippen LogP contribution is -2.40. The average Bonchev–Trinajstić information content (AvgIpc) is 2.96. The molecule has 0 bridgehead atoms. The molecule has 0 radical (unpaired) electrons. The number of hydrogen-bond acceptors (Lipinski definition) is 2. The van der Waals surface area contributed by atoms with Gasteiger partial charge < -0.3 is 10.6 Å². The van der Waals surface area contributed by atoms with Crippen molar-refractivity contribution in [3.8, 4) is 0 Å². The number of hydrogen-bond donors (Lipinski definition) is 2.